The van der Waals surface area contributed by atoms with Crippen molar-refractivity contribution in [2.45, 2.75) is 0 Å². The van der Waals surface area contributed by atoms with Crippen LogP contribution in [-0.2, 0) is 9.59 Å². The van der Waals surface area contributed by atoms with Crippen molar-refractivity contribution in [3.05, 3.63) is 139 Å². The minimum absolute atomic E-state index is 0.307. The Labute approximate surface area is 290 Å². The first-order valence-corrected chi connectivity index (χ1v) is 16.3. The summed E-state index contributed by atoms with van der Waals surface area (Å²) in [5, 5.41) is 36.2. The van der Waals surface area contributed by atoms with E-state index in [4.69, 9.17) is 25.5 Å². The molecule has 10 heteroatoms. The Kier molecular flexibility index (Phi) is 11.0. The van der Waals surface area contributed by atoms with Crippen LogP contribution in [0, 0.1) is 22.7 Å². The zero-order valence-electron chi connectivity index (χ0n) is 26.0. The van der Waals surface area contributed by atoms with E-state index in [1.165, 1.54) is 34.8 Å². The smallest absolute Gasteiger partial charge is 0.346 e. The number of nitrogens with zero attached hydrogens (tertiary/aromatic N) is 3. The van der Waals surface area contributed by atoms with Crippen LogP contribution in [0.1, 0.15) is 30.6 Å². The van der Waals surface area contributed by atoms with Gasteiger partial charge in [-0.25, -0.2) is 9.59 Å². The fourth-order valence-corrected chi connectivity index (χ4v) is 6.36. The number of rotatable bonds is 12. The molecule has 0 saturated heterocycles. The van der Waals surface area contributed by atoms with Gasteiger partial charge in [0.2, 0.25) is 0 Å². The summed E-state index contributed by atoms with van der Waals surface area (Å²) in [6, 6.07) is 34.8. The molecule has 0 spiro atoms. The molecular formula is C39H27N3O5S2. The second kappa shape index (κ2) is 15.9. The van der Waals surface area contributed by atoms with Gasteiger partial charge in [-0.2, -0.15) is 10.5 Å². The lowest BCUT2D eigenvalue weighted by molar-refractivity contribution is -0.133. The monoisotopic (exact) mass is 681 g/mol. The van der Waals surface area contributed by atoms with E-state index in [-0.39, 0.29) is 11.1 Å². The van der Waals surface area contributed by atoms with E-state index >= 15 is 0 Å². The molecule has 0 bridgehead atoms. The summed E-state index contributed by atoms with van der Waals surface area (Å²) in [6.45, 7) is 0. The lowest BCUT2D eigenvalue weighted by atomic mass is 10.1. The molecule has 0 saturated carbocycles. The number of aliphatic carboxylic acids is 2. The van der Waals surface area contributed by atoms with Crippen molar-refractivity contribution in [1.82, 2.24) is 0 Å². The van der Waals surface area contributed by atoms with Gasteiger partial charge >= 0.3 is 11.9 Å². The van der Waals surface area contributed by atoms with Crippen LogP contribution in [0.5, 0.6) is 5.75 Å². The average molecular weight is 682 g/mol. The van der Waals surface area contributed by atoms with Crippen molar-refractivity contribution in [2.75, 3.05) is 12.0 Å². The second-order valence-corrected chi connectivity index (χ2v) is 12.6. The highest BCUT2D eigenvalue weighted by atomic mass is 32.1. The van der Waals surface area contributed by atoms with Gasteiger partial charge in [-0.1, -0.05) is 36.4 Å². The van der Waals surface area contributed by atoms with Crippen molar-refractivity contribution in [2.24, 2.45) is 0 Å². The molecule has 2 aromatic heterocycles. The predicted molar refractivity (Wildman–Crippen MR) is 197 cm³/mol. The molecule has 8 nitrogen and oxygen atoms in total. The average Bonchev–Trinajstić information content (AvgIpc) is 3.78. The number of benzene rings is 3. The van der Waals surface area contributed by atoms with Crippen LogP contribution in [0.25, 0.3) is 36.5 Å². The number of anilines is 3. The Morgan fingerprint density at radius 1 is 0.592 bits per heavy atom. The third kappa shape index (κ3) is 8.88. The molecule has 0 radical (unpaired) electrons. The molecule has 0 aliphatic heterocycles. The van der Waals surface area contributed by atoms with Crippen LogP contribution in [0.15, 0.2) is 108 Å². The van der Waals surface area contributed by atoms with Crippen LogP contribution < -0.4 is 9.64 Å². The number of hydrogen-bond donors (Lipinski definition) is 2. The molecule has 2 N–H and O–H groups in total. The summed E-state index contributed by atoms with van der Waals surface area (Å²) in [5.74, 6) is -1.75. The number of nitriles is 2. The number of hydrogen-bond acceptors (Lipinski definition) is 8. The Bertz CT molecular complexity index is 2040. The maximum Gasteiger partial charge on any atom is 0.346 e. The number of carbonyl (C=O) groups is 2. The second-order valence-electron chi connectivity index (χ2n) is 10.3. The van der Waals surface area contributed by atoms with E-state index in [9.17, 15) is 9.59 Å². The highest BCUT2D eigenvalue weighted by Gasteiger charge is 2.13. The molecule has 0 unspecified atom stereocenters. The van der Waals surface area contributed by atoms with Crippen molar-refractivity contribution in [3.8, 4) is 17.9 Å². The van der Waals surface area contributed by atoms with Gasteiger partial charge in [0.25, 0.3) is 0 Å². The number of carboxylic acids is 2. The van der Waals surface area contributed by atoms with Crippen LogP contribution in [0.2, 0.25) is 0 Å². The summed E-state index contributed by atoms with van der Waals surface area (Å²) in [5.41, 5.74) is 4.19. The van der Waals surface area contributed by atoms with Crippen LogP contribution in [0.3, 0.4) is 0 Å². The summed E-state index contributed by atoms with van der Waals surface area (Å²) < 4.78 is 5.37. The molecule has 49 heavy (non-hydrogen) atoms. The quantitative estimate of drug-likeness (QED) is 0.0982. The topological polar surface area (TPSA) is 135 Å². The highest BCUT2D eigenvalue weighted by molar-refractivity contribution is 7.14. The number of carboxylic acid groups (broad SMARTS) is 2. The molecule has 3 aromatic carbocycles. The lowest BCUT2D eigenvalue weighted by Gasteiger charge is -2.26. The number of thiophene rings is 2. The van der Waals surface area contributed by atoms with E-state index < -0.39 is 11.9 Å². The maximum atomic E-state index is 11.1. The Hall–Kier alpha value is -6.46. The van der Waals surface area contributed by atoms with Crippen LogP contribution >= 0.6 is 22.7 Å². The molecule has 0 amide bonds. The Morgan fingerprint density at radius 2 is 0.959 bits per heavy atom. The molecule has 0 atom stereocenters. The minimum Gasteiger partial charge on any atom is -0.497 e. The largest absolute Gasteiger partial charge is 0.497 e. The normalized spacial score (nSPS) is 11.7. The van der Waals surface area contributed by atoms with Crippen LogP contribution in [-0.4, -0.2) is 29.3 Å². The predicted octanol–water partition coefficient (Wildman–Crippen LogP) is 9.61. The van der Waals surface area contributed by atoms with Gasteiger partial charge in [-0.3, -0.25) is 0 Å². The first kappa shape index (κ1) is 33.9. The fourth-order valence-electron chi connectivity index (χ4n) is 4.64. The Morgan fingerprint density at radius 3 is 1.31 bits per heavy atom. The maximum absolute atomic E-state index is 11.1. The van der Waals surface area contributed by atoms with Crippen molar-refractivity contribution in [1.29, 1.82) is 10.5 Å². The molecule has 240 valence electrons. The molecule has 0 fully saturated rings. The third-order valence-corrected chi connectivity index (χ3v) is 9.08. The lowest BCUT2D eigenvalue weighted by Crippen LogP contribution is -2.09. The Balaban J connectivity index is 1.35. The minimum atomic E-state index is -1.25. The summed E-state index contributed by atoms with van der Waals surface area (Å²) >= 11 is 2.79. The van der Waals surface area contributed by atoms with E-state index in [0.29, 0.717) is 9.75 Å². The molecule has 5 rings (SSSR count). The van der Waals surface area contributed by atoms with Crippen molar-refractivity contribution >= 4 is 88.1 Å². The fraction of sp³-hybridized carbons (Fsp3) is 0.0256. The van der Waals surface area contributed by atoms with Gasteiger partial charge in [0.15, 0.2) is 0 Å². The van der Waals surface area contributed by atoms with Crippen molar-refractivity contribution < 1.29 is 24.5 Å². The molecule has 0 aliphatic rings. The molecule has 5 aromatic rings. The van der Waals surface area contributed by atoms with Gasteiger partial charge in [-0.05, 0) is 108 Å². The van der Waals surface area contributed by atoms with Gasteiger partial charge in [-0.15, -0.1) is 22.7 Å². The van der Waals surface area contributed by atoms with Crippen LogP contribution in [0.4, 0.5) is 17.1 Å². The van der Waals surface area contributed by atoms with E-state index in [1.807, 2.05) is 109 Å². The van der Waals surface area contributed by atoms with E-state index in [0.717, 1.165) is 43.7 Å². The van der Waals surface area contributed by atoms with E-state index in [1.54, 1.807) is 31.4 Å². The van der Waals surface area contributed by atoms with Gasteiger partial charge in [0.05, 0.1) is 7.11 Å². The summed E-state index contributed by atoms with van der Waals surface area (Å²) in [7, 11) is 1.63. The zero-order valence-corrected chi connectivity index (χ0v) is 27.6. The zero-order chi connectivity index (χ0) is 34.8. The molecular weight excluding hydrogens is 655 g/mol. The third-order valence-electron chi connectivity index (χ3n) is 7.08. The van der Waals surface area contributed by atoms with Gasteiger partial charge in [0, 0.05) is 36.6 Å². The summed E-state index contributed by atoms with van der Waals surface area (Å²) in [4.78, 5) is 27.7. The van der Waals surface area contributed by atoms with Gasteiger partial charge in [0.1, 0.15) is 29.0 Å². The molecule has 0 aliphatic carbocycles. The molecule has 2 heterocycles. The standard InChI is InChI=1S/C39H27N3O5S2/c1-47-33-14-12-32(13-15-33)42(30-8-2-26(3-9-30)6-16-34-18-20-36(48-34)22-28(24-40)38(43)44)31-10-4-27(5-11-31)7-17-35-19-21-37(49-35)23-29(25-41)39(45)46/h2-23H,1H3,(H,43,44)(H,45,46). The number of ether oxygens (including phenoxy) is 1. The first-order valence-electron chi connectivity index (χ1n) is 14.7. The summed E-state index contributed by atoms with van der Waals surface area (Å²) in [6.07, 6.45) is 10.6. The highest BCUT2D eigenvalue weighted by Crippen LogP contribution is 2.36. The first-order chi connectivity index (χ1) is 23.8. The van der Waals surface area contributed by atoms with Crippen molar-refractivity contribution in [3.63, 3.8) is 0 Å². The van der Waals surface area contributed by atoms with Gasteiger partial charge < -0.3 is 19.8 Å². The van der Waals surface area contributed by atoms with E-state index in [2.05, 4.69) is 4.90 Å². The SMILES string of the molecule is COc1ccc(N(c2ccc(C=Cc3ccc(C=C(C#N)C(=O)O)s3)cc2)c2ccc(C=Cc3ccc(C=C(C#N)C(=O)O)s3)cc2)cc1. The number of methoxy groups -OCH3 is 1.